The summed E-state index contributed by atoms with van der Waals surface area (Å²) in [5.74, 6) is -0.826. The molecule has 0 spiro atoms. The predicted octanol–water partition coefficient (Wildman–Crippen LogP) is 4.45. The molecule has 0 aliphatic carbocycles. The van der Waals surface area contributed by atoms with E-state index in [1.54, 1.807) is 37.4 Å². The average Bonchev–Trinajstić information content (AvgIpc) is 3.40. The van der Waals surface area contributed by atoms with Gasteiger partial charge in [-0.25, -0.2) is 13.8 Å². The summed E-state index contributed by atoms with van der Waals surface area (Å²) in [4.78, 5) is 28.2. The van der Waals surface area contributed by atoms with Gasteiger partial charge in [-0.05, 0) is 48.0 Å². The molecule has 1 aliphatic heterocycles. The Balaban J connectivity index is 1.67. The molecule has 0 unspecified atom stereocenters. The van der Waals surface area contributed by atoms with Crippen LogP contribution in [0.4, 0.5) is 8.78 Å². The molecule has 4 rings (SSSR count). The van der Waals surface area contributed by atoms with Crippen LogP contribution < -0.4 is 9.47 Å². The minimum Gasteiger partial charge on any atom is -0.497 e. The monoisotopic (exact) mass is 537 g/mol. The third kappa shape index (κ3) is 6.40. The number of ether oxygens (including phenoxy) is 3. The summed E-state index contributed by atoms with van der Waals surface area (Å²) >= 11 is 0. The smallest absolute Gasteiger partial charge is 0.262 e. The maximum atomic E-state index is 13.8. The van der Waals surface area contributed by atoms with Crippen molar-refractivity contribution in [3.8, 4) is 11.5 Å². The molecule has 0 bridgehead atoms. The number of benzene rings is 3. The Morgan fingerprint density at radius 2 is 1.74 bits per heavy atom. The van der Waals surface area contributed by atoms with Crippen LogP contribution in [0.3, 0.4) is 0 Å². The van der Waals surface area contributed by atoms with Crippen LogP contribution in [0.2, 0.25) is 0 Å². The standard InChI is InChI=1S/C29H29F2N3O5/c1-37-14-13-33(29(36)20-5-4-6-22(31)15-20)18-28(35)34-26(19-7-9-21(30)10-8-19)17-25(32-34)24-12-11-23(38-2)16-27(24)39-3/h4-12,15-16,26H,13-14,17-18H2,1-3H3/t26-/m0/s1. The fourth-order valence-corrected chi connectivity index (χ4v) is 4.38. The highest BCUT2D eigenvalue weighted by atomic mass is 19.1. The molecule has 0 fully saturated rings. The van der Waals surface area contributed by atoms with E-state index < -0.39 is 29.5 Å². The molecular weight excluding hydrogens is 508 g/mol. The lowest BCUT2D eigenvalue weighted by molar-refractivity contribution is -0.133. The molecule has 1 aliphatic rings. The Hall–Kier alpha value is -4.31. The van der Waals surface area contributed by atoms with Crippen molar-refractivity contribution in [2.24, 2.45) is 5.10 Å². The zero-order valence-corrected chi connectivity index (χ0v) is 21.9. The minimum atomic E-state index is -0.558. The molecule has 0 N–H and O–H groups in total. The van der Waals surface area contributed by atoms with Crippen LogP contribution in [-0.4, -0.2) is 68.5 Å². The maximum absolute atomic E-state index is 13.8. The van der Waals surface area contributed by atoms with E-state index in [2.05, 4.69) is 5.10 Å². The van der Waals surface area contributed by atoms with Gasteiger partial charge in [-0.2, -0.15) is 5.10 Å². The van der Waals surface area contributed by atoms with Crippen molar-refractivity contribution in [1.82, 2.24) is 9.91 Å². The van der Waals surface area contributed by atoms with Gasteiger partial charge in [0.25, 0.3) is 11.8 Å². The van der Waals surface area contributed by atoms with Crippen molar-refractivity contribution < 1.29 is 32.6 Å². The molecule has 39 heavy (non-hydrogen) atoms. The van der Waals surface area contributed by atoms with Crippen LogP contribution in [0.1, 0.15) is 33.9 Å². The largest absolute Gasteiger partial charge is 0.497 e. The van der Waals surface area contributed by atoms with E-state index in [4.69, 9.17) is 14.2 Å². The quantitative estimate of drug-likeness (QED) is 0.382. The van der Waals surface area contributed by atoms with Crippen LogP contribution >= 0.6 is 0 Å². The molecule has 0 saturated heterocycles. The number of nitrogens with zero attached hydrogens (tertiary/aromatic N) is 3. The first-order valence-corrected chi connectivity index (χ1v) is 12.3. The van der Waals surface area contributed by atoms with E-state index >= 15 is 0 Å². The van der Waals surface area contributed by atoms with E-state index in [1.807, 2.05) is 0 Å². The summed E-state index contributed by atoms with van der Waals surface area (Å²) in [6.07, 6.45) is 0.329. The lowest BCUT2D eigenvalue weighted by Gasteiger charge is -2.27. The minimum absolute atomic E-state index is 0.107. The number of methoxy groups -OCH3 is 3. The number of rotatable bonds is 10. The van der Waals surface area contributed by atoms with Gasteiger partial charge in [0.2, 0.25) is 0 Å². The van der Waals surface area contributed by atoms with Gasteiger partial charge in [-0.15, -0.1) is 0 Å². The van der Waals surface area contributed by atoms with Gasteiger partial charge in [-0.1, -0.05) is 18.2 Å². The highest BCUT2D eigenvalue weighted by Gasteiger charge is 2.35. The number of hydrogen-bond donors (Lipinski definition) is 0. The first kappa shape index (κ1) is 27.7. The highest BCUT2D eigenvalue weighted by Crippen LogP contribution is 2.36. The number of carbonyl (C=O) groups excluding carboxylic acids is 2. The van der Waals surface area contributed by atoms with Crippen molar-refractivity contribution in [1.29, 1.82) is 0 Å². The zero-order valence-electron chi connectivity index (χ0n) is 21.9. The van der Waals surface area contributed by atoms with Crippen molar-refractivity contribution >= 4 is 17.5 Å². The SMILES string of the molecule is COCCN(CC(=O)N1N=C(c2ccc(OC)cc2OC)C[C@H]1c1ccc(F)cc1)C(=O)c1cccc(F)c1. The van der Waals surface area contributed by atoms with E-state index in [0.717, 1.165) is 6.07 Å². The first-order valence-electron chi connectivity index (χ1n) is 12.3. The maximum Gasteiger partial charge on any atom is 0.262 e. The second-order valence-electron chi connectivity index (χ2n) is 8.85. The van der Waals surface area contributed by atoms with Gasteiger partial charge in [-0.3, -0.25) is 9.59 Å². The summed E-state index contributed by atoms with van der Waals surface area (Å²) in [7, 11) is 4.56. The van der Waals surface area contributed by atoms with Crippen LogP contribution in [0.25, 0.3) is 0 Å². The Morgan fingerprint density at radius 1 is 0.974 bits per heavy atom. The average molecular weight is 538 g/mol. The fourth-order valence-electron chi connectivity index (χ4n) is 4.38. The Morgan fingerprint density at radius 3 is 2.41 bits per heavy atom. The van der Waals surface area contributed by atoms with E-state index in [0.29, 0.717) is 34.8 Å². The third-order valence-corrected chi connectivity index (χ3v) is 6.39. The molecule has 1 atom stereocenters. The van der Waals surface area contributed by atoms with Gasteiger partial charge in [0.05, 0.1) is 32.6 Å². The normalized spacial score (nSPS) is 14.6. The summed E-state index contributed by atoms with van der Waals surface area (Å²) in [6.45, 7) is -0.0459. The van der Waals surface area contributed by atoms with Crippen LogP contribution in [0.5, 0.6) is 11.5 Å². The molecule has 1 heterocycles. The number of amides is 2. The second-order valence-corrected chi connectivity index (χ2v) is 8.85. The van der Waals surface area contributed by atoms with Gasteiger partial charge < -0.3 is 19.1 Å². The Bertz CT molecular complexity index is 1360. The van der Waals surface area contributed by atoms with Crippen LogP contribution in [0.15, 0.2) is 71.8 Å². The van der Waals surface area contributed by atoms with Crippen molar-refractivity contribution in [3.05, 3.63) is 95.1 Å². The van der Waals surface area contributed by atoms with Gasteiger partial charge in [0, 0.05) is 37.3 Å². The lowest BCUT2D eigenvalue weighted by Crippen LogP contribution is -2.42. The molecule has 2 amide bonds. The highest BCUT2D eigenvalue weighted by molar-refractivity contribution is 6.05. The topological polar surface area (TPSA) is 80.7 Å². The van der Waals surface area contributed by atoms with Gasteiger partial charge >= 0.3 is 0 Å². The van der Waals surface area contributed by atoms with Gasteiger partial charge in [0.15, 0.2) is 0 Å². The lowest BCUT2D eigenvalue weighted by atomic mass is 9.97. The van der Waals surface area contributed by atoms with E-state index in [-0.39, 0.29) is 25.3 Å². The number of halogens is 2. The fraction of sp³-hybridized carbons (Fsp3) is 0.276. The predicted molar refractivity (Wildman–Crippen MR) is 141 cm³/mol. The molecule has 3 aromatic carbocycles. The Kier molecular flexibility index (Phi) is 8.88. The van der Waals surface area contributed by atoms with E-state index in [1.165, 1.54) is 54.5 Å². The number of hydrazone groups is 1. The van der Waals surface area contributed by atoms with Crippen LogP contribution in [0, 0.1) is 11.6 Å². The Labute approximate surface area is 225 Å². The molecule has 0 radical (unpaired) electrons. The summed E-state index contributed by atoms with van der Waals surface area (Å²) in [6, 6.07) is 15.9. The second kappa shape index (κ2) is 12.5. The summed E-state index contributed by atoms with van der Waals surface area (Å²) in [5.41, 5.74) is 2.04. The number of hydrogen-bond acceptors (Lipinski definition) is 6. The van der Waals surface area contributed by atoms with Crippen molar-refractivity contribution in [2.45, 2.75) is 12.5 Å². The van der Waals surface area contributed by atoms with E-state index in [9.17, 15) is 18.4 Å². The molecule has 0 aromatic heterocycles. The van der Waals surface area contributed by atoms with Crippen molar-refractivity contribution in [3.63, 3.8) is 0 Å². The number of carbonyl (C=O) groups is 2. The molecule has 8 nitrogen and oxygen atoms in total. The molecule has 10 heteroatoms. The third-order valence-electron chi connectivity index (χ3n) is 6.39. The first-order chi connectivity index (χ1) is 18.8. The van der Waals surface area contributed by atoms with Crippen LogP contribution in [-0.2, 0) is 9.53 Å². The molecular formula is C29H29F2N3O5. The van der Waals surface area contributed by atoms with Crippen molar-refractivity contribution in [2.75, 3.05) is 41.0 Å². The molecule has 204 valence electrons. The van der Waals surface area contributed by atoms with Gasteiger partial charge in [0.1, 0.15) is 29.7 Å². The summed E-state index contributed by atoms with van der Waals surface area (Å²) in [5, 5.41) is 5.95. The molecule has 0 saturated carbocycles. The zero-order chi connectivity index (χ0) is 27.9. The molecule has 3 aromatic rings. The summed E-state index contributed by atoms with van der Waals surface area (Å²) < 4.78 is 43.4.